The lowest BCUT2D eigenvalue weighted by molar-refractivity contribution is 0.000370. The van der Waals surface area contributed by atoms with Crippen molar-refractivity contribution in [3.8, 4) is 0 Å². The highest BCUT2D eigenvalue weighted by Crippen LogP contribution is 2.39. The summed E-state index contributed by atoms with van der Waals surface area (Å²) < 4.78 is 0. The quantitative estimate of drug-likeness (QED) is 0.800. The van der Waals surface area contributed by atoms with Crippen LogP contribution in [0.15, 0.2) is 0 Å². The van der Waals surface area contributed by atoms with E-state index in [0.717, 1.165) is 5.92 Å². The standard InChI is InChI=1S/C16H32N2/c1-12-11-16(4,5)10-9-15(12)17-18-13(2)7-6-8-14(18)3/h12-15,17H,6-11H2,1-5H3. The third-order valence-corrected chi connectivity index (χ3v) is 5.20. The van der Waals surface area contributed by atoms with E-state index in [0.29, 0.717) is 23.5 Å². The maximum atomic E-state index is 3.88. The first-order valence-electron chi connectivity index (χ1n) is 7.93. The fourth-order valence-electron chi connectivity index (χ4n) is 4.01. The van der Waals surface area contributed by atoms with Gasteiger partial charge in [0.15, 0.2) is 0 Å². The number of piperidine rings is 1. The number of hydrogen-bond acceptors (Lipinski definition) is 2. The second-order valence-corrected chi connectivity index (χ2v) is 7.66. The van der Waals surface area contributed by atoms with Crippen LogP contribution >= 0.6 is 0 Å². The number of rotatable bonds is 2. The molecule has 0 spiro atoms. The molecule has 1 aliphatic carbocycles. The number of hydrazine groups is 1. The van der Waals surface area contributed by atoms with Gasteiger partial charge in [0.2, 0.25) is 0 Å². The van der Waals surface area contributed by atoms with Crippen molar-refractivity contribution in [1.29, 1.82) is 0 Å². The van der Waals surface area contributed by atoms with Crippen molar-refractivity contribution in [2.24, 2.45) is 11.3 Å². The van der Waals surface area contributed by atoms with Crippen molar-refractivity contribution in [3.05, 3.63) is 0 Å². The Morgan fingerprint density at radius 3 is 2.17 bits per heavy atom. The first kappa shape index (κ1) is 14.3. The van der Waals surface area contributed by atoms with Gasteiger partial charge in [-0.1, -0.05) is 27.2 Å². The highest BCUT2D eigenvalue weighted by Gasteiger charge is 2.35. The molecule has 0 aromatic heterocycles. The Kier molecular flexibility index (Phi) is 4.38. The van der Waals surface area contributed by atoms with Gasteiger partial charge in [-0.05, 0) is 57.3 Å². The average Bonchev–Trinajstić information content (AvgIpc) is 2.25. The summed E-state index contributed by atoms with van der Waals surface area (Å²) in [5.41, 5.74) is 4.43. The zero-order valence-corrected chi connectivity index (χ0v) is 13.0. The maximum absolute atomic E-state index is 3.88. The first-order chi connectivity index (χ1) is 8.39. The second-order valence-electron chi connectivity index (χ2n) is 7.66. The van der Waals surface area contributed by atoms with Gasteiger partial charge in [-0.15, -0.1) is 0 Å². The largest absolute Gasteiger partial charge is 0.251 e. The van der Waals surface area contributed by atoms with Gasteiger partial charge >= 0.3 is 0 Å². The molecule has 0 bridgehead atoms. The van der Waals surface area contributed by atoms with Gasteiger partial charge < -0.3 is 0 Å². The molecule has 18 heavy (non-hydrogen) atoms. The molecule has 2 heteroatoms. The minimum atomic E-state index is 0.552. The third-order valence-electron chi connectivity index (χ3n) is 5.20. The fourth-order valence-corrected chi connectivity index (χ4v) is 4.01. The van der Waals surface area contributed by atoms with Gasteiger partial charge in [0, 0.05) is 18.1 Å². The molecular weight excluding hydrogens is 220 g/mol. The lowest BCUT2D eigenvalue weighted by Gasteiger charge is -2.46. The SMILES string of the molecule is CC1CC(C)(C)CCC1NN1C(C)CCCC1C. The van der Waals surface area contributed by atoms with Crippen LogP contribution in [-0.4, -0.2) is 23.1 Å². The van der Waals surface area contributed by atoms with Crippen molar-refractivity contribution in [2.45, 2.75) is 91.3 Å². The van der Waals surface area contributed by atoms with Crippen molar-refractivity contribution in [1.82, 2.24) is 10.4 Å². The van der Waals surface area contributed by atoms with Crippen LogP contribution < -0.4 is 5.43 Å². The summed E-state index contributed by atoms with van der Waals surface area (Å²) in [4.78, 5) is 0. The van der Waals surface area contributed by atoms with Crippen molar-refractivity contribution in [3.63, 3.8) is 0 Å². The molecule has 1 N–H and O–H groups in total. The van der Waals surface area contributed by atoms with Crippen LogP contribution in [0.1, 0.15) is 73.1 Å². The highest BCUT2D eigenvalue weighted by molar-refractivity contribution is 4.88. The van der Waals surface area contributed by atoms with E-state index in [-0.39, 0.29) is 0 Å². The molecule has 4 unspecified atom stereocenters. The smallest absolute Gasteiger partial charge is 0.0241 e. The fraction of sp³-hybridized carbons (Fsp3) is 1.00. The molecular formula is C16H32N2. The molecule has 106 valence electrons. The van der Waals surface area contributed by atoms with Gasteiger partial charge in [-0.25, -0.2) is 5.01 Å². The summed E-state index contributed by atoms with van der Waals surface area (Å²) in [5.74, 6) is 0.801. The van der Waals surface area contributed by atoms with Crippen LogP contribution in [0.4, 0.5) is 0 Å². The summed E-state index contributed by atoms with van der Waals surface area (Å²) in [7, 11) is 0. The highest BCUT2D eigenvalue weighted by atomic mass is 15.5. The zero-order chi connectivity index (χ0) is 13.3. The monoisotopic (exact) mass is 252 g/mol. The van der Waals surface area contributed by atoms with Crippen molar-refractivity contribution >= 4 is 0 Å². The molecule has 2 nitrogen and oxygen atoms in total. The van der Waals surface area contributed by atoms with E-state index in [1.54, 1.807) is 0 Å². The van der Waals surface area contributed by atoms with Crippen LogP contribution in [0.25, 0.3) is 0 Å². The van der Waals surface area contributed by atoms with Crippen LogP contribution in [0.3, 0.4) is 0 Å². The predicted molar refractivity (Wildman–Crippen MR) is 78.3 cm³/mol. The topological polar surface area (TPSA) is 15.3 Å². The van der Waals surface area contributed by atoms with E-state index in [1.807, 2.05) is 0 Å². The van der Waals surface area contributed by atoms with Gasteiger partial charge in [-0.3, -0.25) is 5.43 Å². The van der Waals surface area contributed by atoms with E-state index in [2.05, 4.69) is 45.1 Å². The normalized spacial score (nSPS) is 41.8. The van der Waals surface area contributed by atoms with Gasteiger partial charge in [0.05, 0.1) is 0 Å². The van der Waals surface area contributed by atoms with Gasteiger partial charge in [0.1, 0.15) is 0 Å². The molecule has 2 rings (SSSR count). The minimum Gasteiger partial charge on any atom is -0.251 e. The molecule has 1 aliphatic heterocycles. The van der Waals surface area contributed by atoms with Gasteiger partial charge in [0.25, 0.3) is 0 Å². The lowest BCUT2D eigenvalue weighted by Crippen LogP contribution is -2.58. The van der Waals surface area contributed by atoms with E-state index in [9.17, 15) is 0 Å². The molecule has 1 saturated carbocycles. The molecule has 1 heterocycles. The first-order valence-corrected chi connectivity index (χ1v) is 7.93. The van der Waals surface area contributed by atoms with Crippen LogP contribution in [0.5, 0.6) is 0 Å². The molecule has 1 saturated heterocycles. The molecule has 0 amide bonds. The van der Waals surface area contributed by atoms with Crippen LogP contribution in [0, 0.1) is 11.3 Å². The van der Waals surface area contributed by atoms with Gasteiger partial charge in [-0.2, -0.15) is 0 Å². The average molecular weight is 252 g/mol. The summed E-state index contributed by atoms with van der Waals surface area (Å²) in [5, 5.41) is 2.56. The molecule has 2 fully saturated rings. The Bertz CT molecular complexity index is 264. The Balaban J connectivity index is 1.92. The zero-order valence-electron chi connectivity index (χ0n) is 13.0. The molecule has 0 aromatic rings. The lowest BCUT2D eigenvalue weighted by atomic mass is 9.71. The number of nitrogens with one attached hydrogen (secondary N) is 1. The van der Waals surface area contributed by atoms with Crippen LogP contribution in [0.2, 0.25) is 0 Å². The molecule has 4 atom stereocenters. The van der Waals surface area contributed by atoms with E-state index >= 15 is 0 Å². The summed E-state index contributed by atoms with van der Waals surface area (Å²) in [6.07, 6.45) is 8.17. The van der Waals surface area contributed by atoms with E-state index < -0.39 is 0 Å². The van der Waals surface area contributed by atoms with E-state index in [4.69, 9.17) is 0 Å². The predicted octanol–water partition coefficient (Wildman–Crippen LogP) is 3.97. The van der Waals surface area contributed by atoms with Crippen molar-refractivity contribution < 1.29 is 0 Å². The van der Waals surface area contributed by atoms with Crippen LogP contribution in [-0.2, 0) is 0 Å². The third kappa shape index (κ3) is 3.27. The van der Waals surface area contributed by atoms with Crippen molar-refractivity contribution in [2.75, 3.05) is 0 Å². The summed E-state index contributed by atoms with van der Waals surface area (Å²) >= 11 is 0. The summed E-state index contributed by atoms with van der Waals surface area (Å²) in [6, 6.07) is 2.10. The molecule has 0 radical (unpaired) electrons. The Morgan fingerprint density at radius 2 is 1.61 bits per heavy atom. The Morgan fingerprint density at radius 1 is 1.00 bits per heavy atom. The number of nitrogens with zero attached hydrogens (tertiary/aromatic N) is 1. The van der Waals surface area contributed by atoms with E-state index in [1.165, 1.54) is 38.5 Å². The number of hydrogen-bond donors (Lipinski definition) is 1. The second kappa shape index (κ2) is 5.50. The molecule has 0 aromatic carbocycles. The Labute approximate surface area is 113 Å². The molecule has 2 aliphatic rings. The minimum absolute atomic E-state index is 0.552. The summed E-state index contributed by atoms with van der Waals surface area (Å²) in [6.45, 7) is 12.0. The Hall–Kier alpha value is -0.0800. The maximum Gasteiger partial charge on any atom is 0.0241 e.